The van der Waals surface area contributed by atoms with Crippen molar-refractivity contribution >= 4 is 24.1 Å². The van der Waals surface area contributed by atoms with Crippen molar-refractivity contribution in [3.05, 3.63) is 95.6 Å². The third-order valence-electron chi connectivity index (χ3n) is 5.69. The molecule has 1 N–H and O–H groups in total. The molecule has 0 aliphatic rings. The van der Waals surface area contributed by atoms with E-state index in [0.29, 0.717) is 23.7 Å². The highest BCUT2D eigenvalue weighted by Crippen LogP contribution is 2.24. The molecule has 0 aliphatic carbocycles. The van der Waals surface area contributed by atoms with Crippen LogP contribution in [0.2, 0.25) is 0 Å². The number of rotatable bonds is 13. The summed E-state index contributed by atoms with van der Waals surface area (Å²) in [5.41, 5.74) is 2.26. The Morgan fingerprint density at radius 3 is 1.95 bits per heavy atom. The number of hydrogen-bond acceptors (Lipinski definition) is 6. The highest BCUT2D eigenvalue weighted by molar-refractivity contribution is 5.89. The molecule has 0 fully saturated rings. The Balaban J connectivity index is 1.45. The Bertz CT molecular complexity index is 1240. The maximum atomic E-state index is 12.3. The van der Waals surface area contributed by atoms with Gasteiger partial charge >= 0.3 is 11.9 Å². The van der Waals surface area contributed by atoms with Crippen molar-refractivity contribution in [1.29, 1.82) is 0 Å². The monoisotopic (exact) mass is 514 g/mol. The van der Waals surface area contributed by atoms with Crippen LogP contribution in [0.1, 0.15) is 55.7 Å². The van der Waals surface area contributed by atoms with E-state index in [1.54, 1.807) is 49.4 Å². The molecule has 0 heterocycles. The zero-order valence-electron chi connectivity index (χ0n) is 21.9. The largest absolute Gasteiger partial charge is 0.508 e. The molecular formula is C32H34O6. The lowest BCUT2D eigenvalue weighted by atomic mass is 10.2. The SMILES string of the molecule is CCCCCCCOc1ccc(/C=C/C(=O)Oc2ccc(OC(=O)/C=C/c3ccc(O)cc3)cc2C)cc1. The quantitative estimate of drug-likeness (QED) is 0.112. The number of hydrogen-bond donors (Lipinski definition) is 1. The second-order valence-electron chi connectivity index (χ2n) is 8.86. The van der Waals surface area contributed by atoms with Crippen LogP contribution in [0.5, 0.6) is 23.0 Å². The average Bonchev–Trinajstić information content (AvgIpc) is 2.91. The summed E-state index contributed by atoms with van der Waals surface area (Å²) in [5.74, 6) is 0.616. The summed E-state index contributed by atoms with van der Waals surface area (Å²) in [5, 5.41) is 9.32. The lowest BCUT2D eigenvalue weighted by Gasteiger charge is -2.08. The van der Waals surface area contributed by atoms with Gasteiger partial charge in [0.2, 0.25) is 0 Å². The molecule has 0 bridgehead atoms. The Morgan fingerprint density at radius 2 is 1.32 bits per heavy atom. The van der Waals surface area contributed by atoms with E-state index in [4.69, 9.17) is 14.2 Å². The molecule has 6 heteroatoms. The fourth-order valence-corrected chi connectivity index (χ4v) is 3.58. The summed E-state index contributed by atoms with van der Waals surface area (Å²) in [4.78, 5) is 24.4. The molecule has 0 amide bonds. The second kappa shape index (κ2) is 15.1. The molecule has 0 saturated heterocycles. The second-order valence-corrected chi connectivity index (χ2v) is 8.86. The molecule has 0 atom stereocenters. The number of aromatic hydroxyl groups is 1. The Kier molecular flexibility index (Phi) is 11.2. The summed E-state index contributed by atoms with van der Waals surface area (Å²) in [6.45, 7) is 4.67. The molecule has 3 rings (SSSR count). The zero-order valence-corrected chi connectivity index (χ0v) is 21.9. The van der Waals surface area contributed by atoms with Gasteiger partial charge in [-0.25, -0.2) is 9.59 Å². The van der Waals surface area contributed by atoms with E-state index in [1.165, 1.54) is 50.0 Å². The number of carbonyl (C=O) groups is 2. The van der Waals surface area contributed by atoms with Crippen LogP contribution in [0, 0.1) is 6.92 Å². The van der Waals surface area contributed by atoms with Gasteiger partial charge in [-0.3, -0.25) is 0 Å². The molecule has 38 heavy (non-hydrogen) atoms. The van der Waals surface area contributed by atoms with E-state index in [-0.39, 0.29) is 5.75 Å². The van der Waals surface area contributed by atoms with Crippen LogP contribution in [0.4, 0.5) is 0 Å². The van der Waals surface area contributed by atoms with Crippen molar-refractivity contribution in [2.45, 2.75) is 46.0 Å². The first kappa shape index (κ1) is 28.3. The van der Waals surface area contributed by atoms with Gasteiger partial charge in [-0.1, -0.05) is 56.9 Å². The minimum absolute atomic E-state index is 0.152. The zero-order chi connectivity index (χ0) is 27.2. The van der Waals surface area contributed by atoms with Crippen LogP contribution in [-0.2, 0) is 9.59 Å². The molecule has 0 spiro atoms. The number of aryl methyl sites for hydroxylation is 1. The Hall–Kier alpha value is -4.32. The van der Waals surface area contributed by atoms with Crippen LogP contribution in [0.25, 0.3) is 12.2 Å². The lowest BCUT2D eigenvalue weighted by molar-refractivity contribution is -0.130. The number of benzene rings is 3. The highest BCUT2D eigenvalue weighted by atomic mass is 16.5. The fraction of sp³-hybridized carbons (Fsp3) is 0.250. The molecule has 3 aromatic rings. The van der Waals surface area contributed by atoms with E-state index in [9.17, 15) is 14.7 Å². The third-order valence-corrected chi connectivity index (χ3v) is 5.69. The molecule has 0 aliphatic heterocycles. The smallest absolute Gasteiger partial charge is 0.336 e. The molecule has 0 radical (unpaired) electrons. The first-order valence-corrected chi connectivity index (χ1v) is 12.9. The van der Waals surface area contributed by atoms with Gasteiger partial charge in [0, 0.05) is 12.2 Å². The predicted molar refractivity (Wildman–Crippen MR) is 149 cm³/mol. The minimum Gasteiger partial charge on any atom is -0.508 e. The van der Waals surface area contributed by atoms with Gasteiger partial charge in [0.1, 0.15) is 23.0 Å². The molecule has 3 aromatic carbocycles. The Labute approximate surface area is 224 Å². The maximum Gasteiger partial charge on any atom is 0.336 e. The number of carbonyl (C=O) groups excluding carboxylic acids is 2. The van der Waals surface area contributed by atoms with Crippen molar-refractivity contribution in [1.82, 2.24) is 0 Å². The first-order chi connectivity index (χ1) is 18.4. The summed E-state index contributed by atoms with van der Waals surface area (Å²) in [7, 11) is 0. The summed E-state index contributed by atoms with van der Waals surface area (Å²) in [6, 6.07) is 18.8. The van der Waals surface area contributed by atoms with Crippen molar-refractivity contribution in [3.8, 4) is 23.0 Å². The molecule has 0 aromatic heterocycles. The van der Waals surface area contributed by atoms with Crippen LogP contribution in [-0.4, -0.2) is 23.7 Å². The molecule has 6 nitrogen and oxygen atoms in total. The fourth-order valence-electron chi connectivity index (χ4n) is 3.58. The van der Waals surface area contributed by atoms with Gasteiger partial charge in [-0.05, 0) is 84.7 Å². The number of phenols is 1. The van der Waals surface area contributed by atoms with E-state index < -0.39 is 11.9 Å². The van der Waals surface area contributed by atoms with Gasteiger partial charge in [0.15, 0.2) is 0 Å². The lowest BCUT2D eigenvalue weighted by Crippen LogP contribution is -2.06. The van der Waals surface area contributed by atoms with Crippen LogP contribution >= 0.6 is 0 Å². The average molecular weight is 515 g/mol. The van der Waals surface area contributed by atoms with Gasteiger partial charge in [0.25, 0.3) is 0 Å². The van der Waals surface area contributed by atoms with Gasteiger partial charge in [-0.2, -0.15) is 0 Å². The summed E-state index contributed by atoms with van der Waals surface area (Å²) >= 11 is 0. The van der Waals surface area contributed by atoms with Crippen molar-refractivity contribution in [3.63, 3.8) is 0 Å². The number of ether oxygens (including phenoxy) is 3. The van der Waals surface area contributed by atoms with E-state index in [0.717, 1.165) is 23.3 Å². The summed E-state index contributed by atoms with van der Waals surface area (Å²) < 4.78 is 16.5. The van der Waals surface area contributed by atoms with Crippen LogP contribution in [0.15, 0.2) is 78.9 Å². The van der Waals surface area contributed by atoms with Gasteiger partial charge < -0.3 is 19.3 Å². The molecule has 0 saturated carbocycles. The summed E-state index contributed by atoms with van der Waals surface area (Å²) in [6.07, 6.45) is 11.9. The van der Waals surface area contributed by atoms with E-state index in [2.05, 4.69) is 6.92 Å². The van der Waals surface area contributed by atoms with Gasteiger partial charge in [0.05, 0.1) is 6.61 Å². The van der Waals surface area contributed by atoms with Gasteiger partial charge in [-0.15, -0.1) is 0 Å². The Morgan fingerprint density at radius 1 is 0.737 bits per heavy atom. The standard InChI is InChI=1S/C32H34O6/c1-3-4-5-6-7-22-36-28-16-10-26(11-17-28)13-21-32(35)38-30-19-18-29(23-24(30)2)37-31(34)20-12-25-8-14-27(33)15-9-25/h8-21,23,33H,3-7,22H2,1-2H3/b20-12+,21-13+. The van der Waals surface area contributed by atoms with E-state index >= 15 is 0 Å². The van der Waals surface area contributed by atoms with Crippen LogP contribution < -0.4 is 14.2 Å². The number of esters is 2. The van der Waals surface area contributed by atoms with Crippen molar-refractivity contribution < 1.29 is 28.9 Å². The normalized spacial score (nSPS) is 11.1. The minimum atomic E-state index is -0.548. The highest BCUT2D eigenvalue weighted by Gasteiger charge is 2.08. The topological polar surface area (TPSA) is 82.1 Å². The predicted octanol–water partition coefficient (Wildman–Crippen LogP) is 7.29. The van der Waals surface area contributed by atoms with Crippen molar-refractivity contribution in [2.75, 3.05) is 6.61 Å². The van der Waals surface area contributed by atoms with Crippen molar-refractivity contribution in [2.24, 2.45) is 0 Å². The maximum absolute atomic E-state index is 12.3. The molecule has 0 unspecified atom stereocenters. The first-order valence-electron chi connectivity index (χ1n) is 12.9. The molecular weight excluding hydrogens is 480 g/mol. The number of phenolic OH excluding ortho intramolecular Hbond substituents is 1. The third kappa shape index (κ3) is 9.97. The van der Waals surface area contributed by atoms with Crippen LogP contribution in [0.3, 0.4) is 0 Å². The number of unbranched alkanes of at least 4 members (excludes halogenated alkanes) is 4. The molecule has 198 valence electrons. The van der Waals surface area contributed by atoms with E-state index in [1.807, 2.05) is 24.3 Å².